The van der Waals surface area contributed by atoms with Crippen molar-refractivity contribution in [3.8, 4) is 6.07 Å². The van der Waals surface area contributed by atoms with Crippen molar-refractivity contribution in [2.24, 2.45) is 0 Å². The molecule has 19 heavy (non-hydrogen) atoms. The summed E-state index contributed by atoms with van der Waals surface area (Å²) < 4.78 is 4.59. The third-order valence-electron chi connectivity index (χ3n) is 2.30. The van der Waals surface area contributed by atoms with E-state index in [1.54, 1.807) is 31.2 Å². The number of hydrogen-bond acceptors (Lipinski definition) is 4. The first kappa shape index (κ1) is 14.5. The number of nitrogens with zero attached hydrogens (tertiary/aromatic N) is 1. The minimum atomic E-state index is -0.686. The van der Waals surface area contributed by atoms with Gasteiger partial charge in [0.1, 0.15) is 0 Å². The Kier molecular flexibility index (Phi) is 5.89. The molecule has 1 aromatic rings. The summed E-state index contributed by atoms with van der Waals surface area (Å²) in [5, 5.41) is 8.65. The number of rotatable bonds is 4. The zero-order valence-electron chi connectivity index (χ0n) is 10.6. The van der Waals surface area contributed by atoms with Crippen LogP contribution in [0.15, 0.2) is 24.3 Å². The van der Waals surface area contributed by atoms with Gasteiger partial charge in [-0.3, -0.25) is 10.2 Å². The van der Waals surface area contributed by atoms with Crippen LogP contribution >= 0.6 is 0 Å². The Bertz CT molecular complexity index is 477. The van der Waals surface area contributed by atoms with Crippen molar-refractivity contribution in [2.45, 2.75) is 19.8 Å². The van der Waals surface area contributed by atoms with E-state index in [4.69, 9.17) is 5.26 Å². The number of nitrogens with one attached hydrogen (secondary N) is 2. The second kappa shape index (κ2) is 7.71. The van der Waals surface area contributed by atoms with Crippen LogP contribution in [0.3, 0.4) is 0 Å². The molecule has 0 spiro atoms. The van der Waals surface area contributed by atoms with E-state index in [2.05, 4.69) is 15.6 Å². The molecule has 0 aliphatic rings. The lowest BCUT2D eigenvalue weighted by Crippen LogP contribution is -2.42. The molecular formula is C13H15N3O3. The maximum Gasteiger partial charge on any atom is 0.426 e. The number of carbonyl (C=O) groups excluding carboxylic acids is 2. The lowest BCUT2D eigenvalue weighted by atomic mass is 10.1. The summed E-state index contributed by atoms with van der Waals surface area (Å²) in [7, 11) is 0. The maximum absolute atomic E-state index is 11.4. The molecule has 0 bridgehead atoms. The monoisotopic (exact) mass is 261 g/mol. The highest BCUT2D eigenvalue weighted by atomic mass is 16.5. The molecule has 0 radical (unpaired) electrons. The van der Waals surface area contributed by atoms with Gasteiger partial charge in [-0.1, -0.05) is 12.1 Å². The smallest absolute Gasteiger partial charge is 0.426 e. The Morgan fingerprint density at radius 1 is 1.26 bits per heavy atom. The lowest BCUT2D eigenvalue weighted by Gasteiger charge is -2.07. The molecular weight excluding hydrogens is 246 g/mol. The van der Waals surface area contributed by atoms with Gasteiger partial charge in [-0.15, -0.1) is 0 Å². The van der Waals surface area contributed by atoms with Gasteiger partial charge in [0.15, 0.2) is 0 Å². The Balaban J connectivity index is 2.29. The standard InChI is InChI=1S/C13H15N3O3/c1-2-19-13(18)16-15-12(17)8-7-10-3-5-11(9-14)6-4-10/h3-6H,2,7-8H2,1H3,(H,15,17)(H,16,18). The molecule has 0 fully saturated rings. The quantitative estimate of drug-likeness (QED) is 0.798. The second-order valence-electron chi connectivity index (χ2n) is 3.70. The molecule has 2 N–H and O–H groups in total. The molecule has 6 nitrogen and oxygen atoms in total. The first-order valence-corrected chi connectivity index (χ1v) is 5.86. The van der Waals surface area contributed by atoms with Gasteiger partial charge in [0.2, 0.25) is 5.91 Å². The normalized spacial score (nSPS) is 9.26. The van der Waals surface area contributed by atoms with E-state index in [1.165, 1.54) is 0 Å². The Hall–Kier alpha value is -2.55. The third-order valence-corrected chi connectivity index (χ3v) is 2.30. The molecule has 0 aliphatic heterocycles. The maximum atomic E-state index is 11.4. The zero-order chi connectivity index (χ0) is 14.1. The Labute approximate surface area is 111 Å². The van der Waals surface area contributed by atoms with Crippen molar-refractivity contribution >= 4 is 12.0 Å². The molecule has 100 valence electrons. The molecule has 0 aliphatic carbocycles. The molecule has 0 unspecified atom stereocenters. The van der Waals surface area contributed by atoms with Crippen molar-refractivity contribution in [1.82, 2.24) is 10.9 Å². The van der Waals surface area contributed by atoms with Crippen LogP contribution in [0.2, 0.25) is 0 Å². The number of nitriles is 1. The number of aryl methyl sites for hydroxylation is 1. The molecule has 0 saturated carbocycles. The van der Waals surface area contributed by atoms with Gasteiger partial charge in [-0.25, -0.2) is 10.2 Å². The molecule has 0 heterocycles. The SMILES string of the molecule is CCOC(=O)NNC(=O)CCc1ccc(C#N)cc1. The van der Waals surface area contributed by atoms with Gasteiger partial charge in [-0.2, -0.15) is 5.26 Å². The van der Waals surface area contributed by atoms with Gasteiger partial charge in [0.25, 0.3) is 0 Å². The number of amides is 2. The average Bonchev–Trinajstić information content (AvgIpc) is 2.44. The van der Waals surface area contributed by atoms with Gasteiger partial charge in [0.05, 0.1) is 18.2 Å². The average molecular weight is 261 g/mol. The van der Waals surface area contributed by atoms with E-state index in [-0.39, 0.29) is 18.9 Å². The Morgan fingerprint density at radius 3 is 2.53 bits per heavy atom. The number of ether oxygens (including phenoxy) is 1. The molecule has 0 atom stereocenters. The minimum Gasteiger partial charge on any atom is -0.449 e. The minimum absolute atomic E-state index is 0.234. The van der Waals surface area contributed by atoms with Crippen LogP contribution in [-0.2, 0) is 16.0 Å². The van der Waals surface area contributed by atoms with E-state index in [1.807, 2.05) is 6.07 Å². The van der Waals surface area contributed by atoms with Crippen molar-refractivity contribution in [2.75, 3.05) is 6.61 Å². The third kappa shape index (κ3) is 5.55. The fourth-order valence-corrected chi connectivity index (χ4v) is 1.35. The van der Waals surface area contributed by atoms with Crippen molar-refractivity contribution in [3.63, 3.8) is 0 Å². The summed E-state index contributed by atoms with van der Waals surface area (Å²) in [6.45, 7) is 1.92. The van der Waals surface area contributed by atoms with Gasteiger partial charge in [-0.05, 0) is 31.0 Å². The van der Waals surface area contributed by atoms with Crippen molar-refractivity contribution < 1.29 is 14.3 Å². The molecule has 6 heteroatoms. The van der Waals surface area contributed by atoms with Crippen LogP contribution in [0, 0.1) is 11.3 Å². The van der Waals surface area contributed by atoms with Crippen LogP contribution in [-0.4, -0.2) is 18.6 Å². The number of hydrogen-bond donors (Lipinski definition) is 2. The van der Waals surface area contributed by atoms with E-state index in [9.17, 15) is 9.59 Å². The lowest BCUT2D eigenvalue weighted by molar-refractivity contribution is -0.121. The highest BCUT2D eigenvalue weighted by Crippen LogP contribution is 2.05. The van der Waals surface area contributed by atoms with Gasteiger partial charge < -0.3 is 4.74 Å². The van der Waals surface area contributed by atoms with Gasteiger partial charge >= 0.3 is 6.09 Å². The van der Waals surface area contributed by atoms with E-state index >= 15 is 0 Å². The highest BCUT2D eigenvalue weighted by Gasteiger charge is 2.05. The zero-order valence-corrected chi connectivity index (χ0v) is 10.6. The van der Waals surface area contributed by atoms with Crippen LogP contribution in [0.1, 0.15) is 24.5 Å². The summed E-state index contributed by atoms with van der Waals surface area (Å²) in [4.78, 5) is 22.3. The first-order valence-electron chi connectivity index (χ1n) is 5.86. The predicted molar refractivity (Wildman–Crippen MR) is 67.8 cm³/mol. The molecule has 0 aromatic heterocycles. The number of benzene rings is 1. The molecule has 1 aromatic carbocycles. The summed E-state index contributed by atoms with van der Waals surface area (Å²) in [5.74, 6) is -0.308. The predicted octanol–water partition coefficient (Wildman–Crippen LogP) is 1.27. The first-order chi connectivity index (χ1) is 9.15. The highest BCUT2D eigenvalue weighted by molar-refractivity contribution is 5.79. The fraction of sp³-hybridized carbons (Fsp3) is 0.308. The molecule has 2 amide bonds. The fourth-order valence-electron chi connectivity index (χ4n) is 1.35. The largest absolute Gasteiger partial charge is 0.449 e. The number of carbonyl (C=O) groups is 2. The molecule has 0 saturated heterocycles. The van der Waals surface area contributed by atoms with E-state index in [0.717, 1.165) is 5.56 Å². The summed E-state index contributed by atoms with van der Waals surface area (Å²) in [6.07, 6.45) is 0.0783. The Morgan fingerprint density at radius 2 is 1.95 bits per heavy atom. The van der Waals surface area contributed by atoms with Crippen LogP contribution < -0.4 is 10.9 Å². The van der Waals surface area contributed by atoms with Gasteiger partial charge in [0, 0.05) is 6.42 Å². The number of hydrazine groups is 1. The summed E-state index contributed by atoms with van der Waals surface area (Å²) in [5.41, 5.74) is 5.91. The van der Waals surface area contributed by atoms with Crippen LogP contribution in [0.4, 0.5) is 4.79 Å². The van der Waals surface area contributed by atoms with E-state index in [0.29, 0.717) is 12.0 Å². The van der Waals surface area contributed by atoms with Crippen molar-refractivity contribution in [3.05, 3.63) is 35.4 Å². The second-order valence-corrected chi connectivity index (χ2v) is 3.70. The topological polar surface area (TPSA) is 91.2 Å². The summed E-state index contributed by atoms with van der Waals surface area (Å²) >= 11 is 0. The van der Waals surface area contributed by atoms with Crippen LogP contribution in [0.5, 0.6) is 0 Å². The molecule has 1 rings (SSSR count). The van der Waals surface area contributed by atoms with Crippen LogP contribution in [0.25, 0.3) is 0 Å². The van der Waals surface area contributed by atoms with E-state index < -0.39 is 6.09 Å². The van der Waals surface area contributed by atoms with Crippen molar-refractivity contribution in [1.29, 1.82) is 5.26 Å². The summed E-state index contributed by atoms with van der Waals surface area (Å²) in [6, 6.07) is 9.01.